The smallest absolute Gasteiger partial charge is 0.462 e. The van der Waals surface area contributed by atoms with Gasteiger partial charge in [0, 0.05) is 12.8 Å². The number of hydrogen-bond donors (Lipinski definition) is 2. The molecule has 0 radical (unpaired) electrons. The van der Waals surface area contributed by atoms with Crippen LogP contribution in [0.15, 0.2) is 12.2 Å². The molecule has 302 valence electrons. The molecule has 0 spiro atoms. The minimum atomic E-state index is -4.75. The van der Waals surface area contributed by atoms with Crippen LogP contribution in [0.2, 0.25) is 0 Å². The molecule has 0 fully saturated rings. The number of phosphoric ester groups is 1. The van der Waals surface area contributed by atoms with Gasteiger partial charge >= 0.3 is 19.8 Å². The molecule has 0 aliphatic rings. The molecule has 0 amide bonds. The van der Waals surface area contributed by atoms with E-state index in [0.29, 0.717) is 6.42 Å². The molecule has 0 unspecified atom stereocenters. The zero-order chi connectivity index (χ0) is 37.5. The van der Waals surface area contributed by atoms with E-state index in [1.54, 1.807) is 0 Å². The summed E-state index contributed by atoms with van der Waals surface area (Å²) in [6.07, 6.45) is 42.1. The fraction of sp³-hybridized carbons (Fsp3) is 0.905. The van der Waals surface area contributed by atoms with Crippen LogP contribution in [0.5, 0.6) is 0 Å². The van der Waals surface area contributed by atoms with E-state index < -0.39 is 32.5 Å². The second kappa shape index (κ2) is 38.5. The molecule has 8 nitrogen and oxygen atoms in total. The van der Waals surface area contributed by atoms with Gasteiger partial charge in [-0.25, -0.2) is 4.57 Å². The van der Waals surface area contributed by atoms with Gasteiger partial charge in [0.1, 0.15) is 6.61 Å². The van der Waals surface area contributed by atoms with Gasteiger partial charge in [-0.3, -0.25) is 14.1 Å². The zero-order valence-corrected chi connectivity index (χ0v) is 34.2. The Morgan fingerprint density at radius 1 is 0.490 bits per heavy atom. The molecule has 0 aromatic rings. The number of carbonyl (C=O) groups excluding carboxylic acids is 2. The molecular formula is C42H81O8P. The van der Waals surface area contributed by atoms with E-state index in [2.05, 4.69) is 30.5 Å². The highest BCUT2D eigenvalue weighted by Crippen LogP contribution is 2.36. The van der Waals surface area contributed by atoms with E-state index in [1.807, 2.05) is 0 Å². The first kappa shape index (κ1) is 49.8. The van der Waals surface area contributed by atoms with Crippen LogP contribution < -0.4 is 0 Å². The van der Waals surface area contributed by atoms with Gasteiger partial charge in [-0.2, -0.15) is 0 Å². The maximum Gasteiger partial charge on any atom is 0.469 e. The Morgan fingerprint density at radius 2 is 0.824 bits per heavy atom. The van der Waals surface area contributed by atoms with Crippen LogP contribution in [0.25, 0.3) is 0 Å². The summed E-state index contributed by atoms with van der Waals surface area (Å²) in [5, 5.41) is 0. The number of ether oxygens (including phenoxy) is 2. The number of hydrogen-bond acceptors (Lipinski definition) is 6. The van der Waals surface area contributed by atoms with Crippen molar-refractivity contribution >= 4 is 19.8 Å². The highest BCUT2D eigenvalue weighted by molar-refractivity contribution is 7.46. The van der Waals surface area contributed by atoms with Gasteiger partial charge in [0.2, 0.25) is 0 Å². The average molecular weight is 745 g/mol. The predicted molar refractivity (Wildman–Crippen MR) is 212 cm³/mol. The van der Waals surface area contributed by atoms with E-state index >= 15 is 0 Å². The standard InChI is InChI=1S/C42H81O8P/c1-3-5-7-9-11-13-15-17-19-21-23-25-27-29-31-33-35-37-42(44)50-40(39-49-51(45,46)47)38-48-41(43)36-34-32-30-28-26-24-22-20-18-16-14-12-10-8-6-4-2/h17,19,40H,3-16,18,20-39H2,1-2H3,(H2,45,46,47)/b19-17+/t40-/m1/s1. The number of esters is 2. The van der Waals surface area contributed by atoms with Crippen molar-refractivity contribution in [3.05, 3.63) is 12.2 Å². The fourth-order valence-corrected chi connectivity index (χ4v) is 6.67. The molecule has 0 rings (SSSR count). The van der Waals surface area contributed by atoms with E-state index in [0.717, 1.165) is 44.9 Å². The van der Waals surface area contributed by atoms with Crippen LogP contribution in [-0.4, -0.2) is 41.0 Å². The van der Waals surface area contributed by atoms with Crippen molar-refractivity contribution in [2.75, 3.05) is 13.2 Å². The quantitative estimate of drug-likeness (QED) is 0.0275. The molecule has 0 aliphatic carbocycles. The number of allylic oxidation sites excluding steroid dienone is 2. The summed E-state index contributed by atoms with van der Waals surface area (Å²) in [7, 11) is -4.75. The van der Waals surface area contributed by atoms with Crippen LogP contribution in [0, 0.1) is 0 Å². The first-order chi connectivity index (χ1) is 24.8. The molecule has 0 saturated heterocycles. The fourth-order valence-electron chi connectivity index (χ4n) is 6.31. The van der Waals surface area contributed by atoms with Crippen LogP contribution in [0.1, 0.15) is 226 Å². The minimum absolute atomic E-state index is 0.211. The monoisotopic (exact) mass is 745 g/mol. The first-order valence-electron chi connectivity index (χ1n) is 21.5. The molecule has 51 heavy (non-hydrogen) atoms. The Labute approximate surface area is 314 Å². The summed E-state index contributed by atoms with van der Waals surface area (Å²) in [5.41, 5.74) is 0. The van der Waals surface area contributed by atoms with E-state index in [4.69, 9.17) is 19.3 Å². The van der Waals surface area contributed by atoms with Crippen molar-refractivity contribution in [2.45, 2.75) is 232 Å². The Bertz CT molecular complexity index is 843. The number of carbonyl (C=O) groups is 2. The maximum absolute atomic E-state index is 12.4. The first-order valence-corrected chi connectivity index (χ1v) is 23.0. The van der Waals surface area contributed by atoms with Crippen molar-refractivity contribution in [2.24, 2.45) is 0 Å². The van der Waals surface area contributed by atoms with E-state index in [9.17, 15) is 14.2 Å². The molecule has 0 heterocycles. The van der Waals surface area contributed by atoms with Gasteiger partial charge in [-0.1, -0.05) is 187 Å². The van der Waals surface area contributed by atoms with Gasteiger partial charge in [-0.15, -0.1) is 0 Å². The minimum Gasteiger partial charge on any atom is -0.462 e. The topological polar surface area (TPSA) is 119 Å². The van der Waals surface area contributed by atoms with Gasteiger partial charge in [-0.05, 0) is 38.5 Å². The molecule has 1 atom stereocenters. The Morgan fingerprint density at radius 3 is 1.20 bits per heavy atom. The Kier molecular flexibility index (Phi) is 37.6. The van der Waals surface area contributed by atoms with Crippen molar-refractivity contribution in [1.82, 2.24) is 0 Å². The molecule has 9 heteroatoms. The summed E-state index contributed by atoms with van der Waals surface area (Å²) in [5.74, 6) is -0.877. The summed E-state index contributed by atoms with van der Waals surface area (Å²) < 4.78 is 26.4. The van der Waals surface area contributed by atoms with Crippen LogP contribution in [-0.2, 0) is 28.2 Å². The van der Waals surface area contributed by atoms with Crippen molar-refractivity contribution < 1.29 is 37.9 Å². The van der Waals surface area contributed by atoms with Gasteiger partial charge < -0.3 is 19.3 Å². The summed E-state index contributed by atoms with van der Waals surface area (Å²) in [4.78, 5) is 42.9. The van der Waals surface area contributed by atoms with Crippen LogP contribution in [0.3, 0.4) is 0 Å². The number of rotatable bonds is 40. The number of phosphoric acid groups is 1. The molecule has 0 aromatic heterocycles. The maximum atomic E-state index is 12.4. The summed E-state index contributed by atoms with van der Waals surface area (Å²) >= 11 is 0. The highest BCUT2D eigenvalue weighted by atomic mass is 31.2. The molecule has 2 N–H and O–H groups in total. The van der Waals surface area contributed by atoms with Gasteiger partial charge in [0.15, 0.2) is 6.10 Å². The molecule has 0 aromatic carbocycles. The second-order valence-corrected chi connectivity index (χ2v) is 15.9. The second-order valence-electron chi connectivity index (χ2n) is 14.7. The van der Waals surface area contributed by atoms with Crippen LogP contribution in [0.4, 0.5) is 0 Å². The van der Waals surface area contributed by atoms with Gasteiger partial charge in [0.25, 0.3) is 0 Å². The predicted octanol–water partition coefficient (Wildman–Crippen LogP) is 13.0. The van der Waals surface area contributed by atoms with Crippen LogP contribution >= 0.6 is 7.82 Å². The average Bonchev–Trinajstić information content (AvgIpc) is 3.10. The van der Waals surface area contributed by atoms with Crippen molar-refractivity contribution in [1.29, 1.82) is 0 Å². The van der Waals surface area contributed by atoms with Gasteiger partial charge in [0.05, 0.1) is 6.61 Å². The van der Waals surface area contributed by atoms with E-state index in [-0.39, 0.29) is 19.4 Å². The molecule has 0 aliphatic heterocycles. The van der Waals surface area contributed by atoms with Crippen molar-refractivity contribution in [3.8, 4) is 0 Å². The molecular weight excluding hydrogens is 663 g/mol. The largest absolute Gasteiger partial charge is 0.469 e. The SMILES string of the molecule is CCCCCCCC/C=C/CCCCCCCCCC(=O)O[C@H](COC(=O)CCCCCCCCCCCCCCCCCC)COP(=O)(O)O. The zero-order valence-electron chi connectivity index (χ0n) is 33.3. The van der Waals surface area contributed by atoms with E-state index in [1.165, 1.54) is 148 Å². The third-order valence-electron chi connectivity index (χ3n) is 9.53. The summed E-state index contributed by atoms with van der Waals surface area (Å²) in [6.45, 7) is 3.70. The highest BCUT2D eigenvalue weighted by Gasteiger charge is 2.22. The summed E-state index contributed by atoms with van der Waals surface area (Å²) in [6, 6.07) is 0. The number of unbranched alkanes of at least 4 members (excludes halogenated alkanes) is 28. The lowest BCUT2D eigenvalue weighted by Crippen LogP contribution is -2.29. The molecule has 0 saturated carbocycles. The third kappa shape index (κ3) is 41.4. The lowest BCUT2D eigenvalue weighted by molar-refractivity contribution is -0.161. The molecule has 0 bridgehead atoms. The lowest BCUT2D eigenvalue weighted by atomic mass is 10.0. The lowest BCUT2D eigenvalue weighted by Gasteiger charge is -2.18. The normalized spacial score (nSPS) is 12.5. The van der Waals surface area contributed by atoms with Crippen molar-refractivity contribution in [3.63, 3.8) is 0 Å². The Balaban J connectivity index is 3.88. The third-order valence-corrected chi connectivity index (χ3v) is 10.0. The Hall–Kier alpha value is -1.21.